The highest BCUT2D eigenvalue weighted by molar-refractivity contribution is 6.31. The highest BCUT2D eigenvalue weighted by Crippen LogP contribution is 2.20. The minimum Gasteiger partial charge on any atom is -0.398 e. The van der Waals surface area contributed by atoms with Gasteiger partial charge in [-0.3, -0.25) is 4.79 Å². The Morgan fingerprint density at radius 2 is 2.21 bits per heavy atom. The van der Waals surface area contributed by atoms with Crippen molar-refractivity contribution >= 4 is 23.2 Å². The smallest absolute Gasteiger partial charge is 0.256 e. The van der Waals surface area contributed by atoms with Crippen LogP contribution in [0.5, 0.6) is 0 Å². The van der Waals surface area contributed by atoms with Crippen LogP contribution in [0.4, 0.5) is 5.69 Å². The maximum Gasteiger partial charge on any atom is 0.256 e. The number of hydrogen-bond donors (Lipinski definition) is 1. The first kappa shape index (κ1) is 13.4. The SMILES string of the molecule is Cc1cc(CN(C)C(=O)c2cc(Cl)ccc2N)no1. The number of carbonyl (C=O) groups is 1. The second-order valence-electron chi connectivity index (χ2n) is 4.32. The normalized spacial score (nSPS) is 10.5. The van der Waals surface area contributed by atoms with E-state index in [1.165, 1.54) is 4.90 Å². The van der Waals surface area contributed by atoms with Crippen molar-refractivity contribution in [3.8, 4) is 0 Å². The molecule has 2 rings (SSSR count). The molecule has 0 saturated carbocycles. The fraction of sp³-hybridized carbons (Fsp3) is 0.231. The molecule has 0 radical (unpaired) electrons. The van der Waals surface area contributed by atoms with Crippen LogP contribution in [0.1, 0.15) is 21.8 Å². The summed E-state index contributed by atoms with van der Waals surface area (Å²) in [6.07, 6.45) is 0. The molecule has 0 bridgehead atoms. The molecule has 0 unspecified atom stereocenters. The first-order valence-corrected chi connectivity index (χ1v) is 6.08. The summed E-state index contributed by atoms with van der Waals surface area (Å²) in [5.74, 6) is 0.499. The first-order chi connectivity index (χ1) is 8.97. The third kappa shape index (κ3) is 3.06. The zero-order valence-corrected chi connectivity index (χ0v) is 11.4. The van der Waals surface area contributed by atoms with E-state index in [9.17, 15) is 4.79 Å². The summed E-state index contributed by atoms with van der Waals surface area (Å²) in [4.78, 5) is 13.8. The lowest BCUT2D eigenvalue weighted by molar-refractivity contribution is 0.0783. The summed E-state index contributed by atoms with van der Waals surface area (Å²) < 4.78 is 4.96. The van der Waals surface area contributed by atoms with Crippen molar-refractivity contribution in [3.63, 3.8) is 0 Å². The molecule has 0 fully saturated rings. The number of nitrogens with two attached hydrogens (primary N) is 1. The molecule has 2 aromatic rings. The van der Waals surface area contributed by atoms with E-state index in [0.717, 1.165) is 0 Å². The molecular weight excluding hydrogens is 266 g/mol. The number of rotatable bonds is 3. The van der Waals surface area contributed by atoms with Crippen LogP contribution < -0.4 is 5.73 Å². The molecule has 6 heteroatoms. The molecule has 0 aliphatic heterocycles. The molecule has 1 aromatic carbocycles. The molecule has 0 spiro atoms. The van der Waals surface area contributed by atoms with Gasteiger partial charge in [0.2, 0.25) is 0 Å². The molecule has 5 nitrogen and oxygen atoms in total. The van der Waals surface area contributed by atoms with Gasteiger partial charge in [0.05, 0.1) is 12.1 Å². The Balaban J connectivity index is 2.16. The van der Waals surface area contributed by atoms with Gasteiger partial charge in [-0.1, -0.05) is 16.8 Å². The Hall–Kier alpha value is -2.01. The summed E-state index contributed by atoms with van der Waals surface area (Å²) in [5.41, 5.74) is 7.26. The van der Waals surface area contributed by atoms with Crippen LogP contribution in [0.3, 0.4) is 0 Å². The minimum absolute atomic E-state index is 0.208. The third-order valence-corrected chi connectivity index (χ3v) is 2.90. The van der Waals surface area contributed by atoms with Gasteiger partial charge in [0.1, 0.15) is 11.5 Å². The number of aryl methyl sites for hydroxylation is 1. The quantitative estimate of drug-likeness (QED) is 0.876. The number of halogens is 1. The lowest BCUT2D eigenvalue weighted by Crippen LogP contribution is -2.27. The lowest BCUT2D eigenvalue weighted by Gasteiger charge is -2.16. The molecule has 19 heavy (non-hydrogen) atoms. The van der Waals surface area contributed by atoms with Crippen molar-refractivity contribution in [2.45, 2.75) is 13.5 Å². The average Bonchev–Trinajstić information content (AvgIpc) is 2.77. The number of benzene rings is 1. The molecule has 0 saturated heterocycles. The summed E-state index contributed by atoms with van der Waals surface area (Å²) >= 11 is 5.88. The van der Waals surface area contributed by atoms with Gasteiger partial charge in [0, 0.05) is 23.8 Å². The van der Waals surface area contributed by atoms with Gasteiger partial charge in [0.15, 0.2) is 0 Å². The average molecular weight is 280 g/mol. The van der Waals surface area contributed by atoms with Gasteiger partial charge in [0.25, 0.3) is 5.91 Å². The van der Waals surface area contributed by atoms with E-state index in [0.29, 0.717) is 34.3 Å². The van der Waals surface area contributed by atoms with Crippen LogP contribution in [0.25, 0.3) is 0 Å². The van der Waals surface area contributed by atoms with E-state index in [1.807, 2.05) is 0 Å². The largest absolute Gasteiger partial charge is 0.398 e. The van der Waals surface area contributed by atoms with Crippen LogP contribution in [0.15, 0.2) is 28.8 Å². The standard InChI is InChI=1S/C13H14ClN3O2/c1-8-5-10(16-19-8)7-17(2)13(18)11-6-9(14)3-4-12(11)15/h3-6H,7,15H2,1-2H3. The number of nitrogen functional groups attached to an aromatic ring is 1. The van der Waals surface area contributed by atoms with Gasteiger partial charge in [-0.2, -0.15) is 0 Å². The predicted octanol–water partition coefficient (Wildman–Crippen LogP) is 2.49. The van der Waals surface area contributed by atoms with Crippen LogP contribution in [0, 0.1) is 6.92 Å². The van der Waals surface area contributed by atoms with Gasteiger partial charge in [-0.25, -0.2) is 0 Å². The van der Waals surface area contributed by atoms with Gasteiger partial charge in [-0.15, -0.1) is 0 Å². The Morgan fingerprint density at radius 1 is 1.47 bits per heavy atom. The summed E-state index contributed by atoms with van der Waals surface area (Å²) in [6, 6.07) is 6.60. The Morgan fingerprint density at radius 3 is 2.84 bits per heavy atom. The molecule has 0 aliphatic carbocycles. The molecule has 0 atom stereocenters. The Bertz CT molecular complexity index is 610. The maximum absolute atomic E-state index is 12.3. The highest BCUT2D eigenvalue weighted by Gasteiger charge is 2.16. The van der Waals surface area contributed by atoms with Crippen LogP contribution in [-0.4, -0.2) is 23.0 Å². The van der Waals surface area contributed by atoms with E-state index in [1.54, 1.807) is 38.2 Å². The highest BCUT2D eigenvalue weighted by atomic mass is 35.5. The Labute approximate surface area is 115 Å². The summed E-state index contributed by atoms with van der Waals surface area (Å²) in [6.45, 7) is 2.15. The van der Waals surface area contributed by atoms with Crippen LogP contribution >= 0.6 is 11.6 Å². The third-order valence-electron chi connectivity index (χ3n) is 2.67. The van der Waals surface area contributed by atoms with Gasteiger partial charge < -0.3 is 15.2 Å². The zero-order chi connectivity index (χ0) is 14.0. The zero-order valence-electron chi connectivity index (χ0n) is 10.7. The van der Waals surface area contributed by atoms with E-state index in [2.05, 4.69) is 5.16 Å². The van der Waals surface area contributed by atoms with Crippen molar-refractivity contribution < 1.29 is 9.32 Å². The van der Waals surface area contributed by atoms with E-state index in [4.69, 9.17) is 21.9 Å². The van der Waals surface area contributed by atoms with Gasteiger partial charge >= 0.3 is 0 Å². The second-order valence-corrected chi connectivity index (χ2v) is 4.76. The number of nitrogens with zero attached hydrogens (tertiary/aromatic N) is 2. The van der Waals surface area contributed by atoms with Crippen molar-refractivity contribution in [2.75, 3.05) is 12.8 Å². The molecule has 1 heterocycles. The van der Waals surface area contributed by atoms with Crippen molar-refractivity contribution in [1.82, 2.24) is 10.1 Å². The molecular formula is C13H14ClN3O2. The number of aromatic nitrogens is 1. The number of anilines is 1. The number of carbonyl (C=O) groups excluding carboxylic acids is 1. The monoisotopic (exact) mass is 279 g/mol. The fourth-order valence-electron chi connectivity index (χ4n) is 1.73. The van der Waals surface area contributed by atoms with Crippen LogP contribution in [-0.2, 0) is 6.54 Å². The van der Waals surface area contributed by atoms with Crippen molar-refractivity contribution in [1.29, 1.82) is 0 Å². The predicted molar refractivity (Wildman–Crippen MR) is 72.9 cm³/mol. The molecule has 0 aliphatic rings. The fourth-order valence-corrected chi connectivity index (χ4v) is 1.90. The molecule has 2 N–H and O–H groups in total. The van der Waals surface area contributed by atoms with Crippen molar-refractivity contribution in [2.24, 2.45) is 0 Å². The second kappa shape index (κ2) is 5.32. The lowest BCUT2D eigenvalue weighted by atomic mass is 10.1. The minimum atomic E-state index is -0.208. The van der Waals surface area contributed by atoms with E-state index >= 15 is 0 Å². The molecule has 1 amide bonds. The Kier molecular flexibility index (Phi) is 3.76. The molecule has 100 valence electrons. The van der Waals surface area contributed by atoms with E-state index < -0.39 is 0 Å². The number of hydrogen-bond acceptors (Lipinski definition) is 4. The number of amides is 1. The first-order valence-electron chi connectivity index (χ1n) is 5.70. The summed E-state index contributed by atoms with van der Waals surface area (Å²) in [7, 11) is 1.67. The molecule has 1 aromatic heterocycles. The van der Waals surface area contributed by atoms with Crippen LogP contribution in [0.2, 0.25) is 5.02 Å². The summed E-state index contributed by atoms with van der Waals surface area (Å²) in [5, 5.41) is 4.32. The van der Waals surface area contributed by atoms with E-state index in [-0.39, 0.29) is 5.91 Å². The van der Waals surface area contributed by atoms with Gasteiger partial charge in [-0.05, 0) is 25.1 Å². The maximum atomic E-state index is 12.3. The topological polar surface area (TPSA) is 72.4 Å². The van der Waals surface area contributed by atoms with Crippen molar-refractivity contribution in [3.05, 3.63) is 46.3 Å².